The highest BCUT2D eigenvalue weighted by Gasteiger charge is 2.12. The van der Waals surface area contributed by atoms with Crippen LogP contribution in [0.25, 0.3) is 0 Å². The van der Waals surface area contributed by atoms with Gasteiger partial charge in [-0.15, -0.1) is 0 Å². The number of carbonyl (C=O) groups excluding carboxylic acids is 2. The standard InChI is InChI=1S/C10H11FN2O4/c1-16-9(14)12-6-4-3-5-7(8(6)11)13-10(15)17-2/h3-5H,1-2H3,(H,12,14)(H,13,15). The van der Waals surface area contributed by atoms with E-state index in [1.165, 1.54) is 18.2 Å². The van der Waals surface area contributed by atoms with Crippen LogP contribution in [0.1, 0.15) is 0 Å². The molecule has 0 aliphatic rings. The fourth-order valence-corrected chi connectivity index (χ4v) is 1.05. The number of carbonyl (C=O) groups is 2. The predicted octanol–water partition coefficient (Wildman–Crippen LogP) is 2.18. The third kappa shape index (κ3) is 3.33. The van der Waals surface area contributed by atoms with Gasteiger partial charge in [0.15, 0.2) is 5.82 Å². The van der Waals surface area contributed by atoms with Crippen LogP contribution in [-0.4, -0.2) is 26.4 Å². The van der Waals surface area contributed by atoms with Crippen molar-refractivity contribution in [2.45, 2.75) is 0 Å². The molecular weight excluding hydrogens is 231 g/mol. The second-order valence-electron chi connectivity index (χ2n) is 2.90. The van der Waals surface area contributed by atoms with Gasteiger partial charge in [-0.3, -0.25) is 10.6 Å². The van der Waals surface area contributed by atoms with E-state index in [1.54, 1.807) is 0 Å². The number of halogens is 1. The third-order valence-electron chi connectivity index (χ3n) is 1.84. The van der Waals surface area contributed by atoms with Crippen LogP contribution < -0.4 is 10.6 Å². The van der Waals surface area contributed by atoms with Gasteiger partial charge in [0.1, 0.15) is 0 Å². The van der Waals surface area contributed by atoms with E-state index >= 15 is 0 Å². The van der Waals surface area contributed by atoms with Crippen molar-refractivity contribution in [3.05, 3.63) is 24.0 Å². The molecule has 2 N–H and O–H groups in total. The van der Waals surface area contributed by atoms with Crippen molar-refractivity contribution in [2.24, 2.45) is 0 Å². The minimum Gasteiger partial charge on any atom is -0.453 e. The minimum absolute atomic E-state index is 0.106. The van der Waals surface area contributed by atoms with Gasteiger partial charge in [0.05, 0.1) is 25.6 Å². The average Bonchev–Trinajstić information content (AvgIpc) is 2.33. The fraction of sp³-hybridized carbons (Fsp3) is 0.200. The van der Waals surface area contributed by atoms with Gasteiger partial charge in [-0.25, -0.2) is 14.0 Å². The highest BCUT2D eigenvalue weighted by atomic mass is 19.1. The number of anilines is 2. The van der Waals surface area contributed by atoms with Gasteiger partial charge in [0.25, 0.3) is 0 Å². The van der Waals surface area contributed by atoms with E-state index in [4.69, 9.17) is 0 Å². The molecule has 1 rings (SSSR count). The topological polar surface area (TPSA) is 76.7 Å². The number of amides is 2. The van der Waals surface area contributed by atoms with Crippen molar-refractivity contribution in [2.75, 3.05) is 24.9 Å². The number of hydrogen-bond donors (Lipinski definition) is 2. The number of ether oxygens (including phenoxy) is 2. The van der Waals surface area contributed by atoms with Crippen LogP contribution in [0.5, 0.6) is 0 Å². The molecule has 6 nitrogen and oxygen atoms in total. The van der Waals surface area contributed by atoms with Crippen molar-refractivity contribution in [3.8, 4) is 0 Å². The Hall–Kier alpha value is -2.31. The van der Waals surface area contributed by atoms with E-state index < -0.39 is 18.0 Å². The molecule has 0 heterocycles. The first-order chi connectivity index (χ1) is 8.08. The molecular formula is C10H11FN2O4. The van der Waals surface area contributed by atoms with Crippen molar-refractivity contribution in [3.63, 3.8) is 0 Å². The Balaban J connectivity index is 2.91. The summed E-state index contributed by atoms with van der Waals surface area (Å²) in [6, 6.07) is 4.11. The first-order valence-electron chi connectivity index (χ1n) is 4.57. The zero-order valence-electron chi connectivity index (χ0n) is 9.24. The number of hydrogen-bond acceptors (Lipinski definition) is 4. The summed E-state index contributed by atoms with van der Waals surface area (Å²) >= 11 is 0. The Labute approximate surface area is 96.7 Å². The minimum atomic E-state index is -0.806. The summed E-state index contributed by atoms with van der Waals surface area (Å²) in [4.78, 5) is 21.8. The first-order valence-corrected chi connectivity index (χ1v) is 4.57. The maximum absolute atomic E-state index is 13.7. The first kappa shape index (κ1) is 12.8. The van der Waals surface area contributed by atoms with E-state index in [9.17, 15) is 14.0 Å². The molecule has 17 heavy (non-hydrogen) atoms. The molecule has 0 aliphatic carbocycles. The van der Waals surface area contributed by atoms with E-state index in [-0.39, 0.29) is 11.4 Å². The van der Waals surface area contributed by atoms with E-state index in [0.717, 1.165) is 14.2 Å². The lowest BCUT2D eigenvalue weighted by Crippen LogP contribution is -2.15. The molecule has 7 heteroatoms. The van der Waals surface area contributed by atoms with Crippen LogP contribution in [0.2, 0.25) is 0 Å². The zero-order valence-corrected chi connectivity index (χ0v) is 9.24. The lowest BCUT2D eigenvalue weighted by Gasteiger charge is -2.09. The molecule has 0 unspecified atom stereocenters. The molecule has 0 spiro atoms. The lowest BCUT2D eigenvalue weighted by atomic mass is 10.2. The zero-order chi connectivity index (χ0) is 12.8. The largest absolute Gasteiger partial charge is 0.453 e. The van der Waals surface area contributed by atoms with Gasteiger partial charge in [-0.2, -0.15) is 0 Å². The third-order valence-corrected chi connectivity index (χ3v) is 1.84. The second-order valence-corrected chi connectivity index (χ2v) is 2.90. The van der Waals surface area contributed by atoms with Crippen molar-refractivity contribution >= 4 is 23.6 Å². The number of rotatable bonds is 2. The summed E-state index contributed by atoms with van der Waals surface area (Å²) in [5.74, 6) is -0.789. The normalized spacial score (nSPS) is 9.35. The van der Waals surface area contributed by atoms with E-state index in [1.807, 2.05) is 0 Å². The van der Waals surface area contributed by atoms with Gasteiger partial charge in [-0.05, 0) is 12.1 Å². The smallest absolute Gasteiger partial charge is 0.411 e. The monoisotopic (exact) mass is 242 g/mol. The van der Waals surface area contributed by atoms with E-state index in [0.29, 0.717) is 0 Å². The van der Waals surface area contributed by atoms with Crippen molar-refractivity contribution < 1.29 is 23.5 Å². The predicted molar refractivity (Wildman–Crippen MR) is 58.5 cm³/mol. The Morgan fingerprint density at radius 1 is 1.06 bits per heavy atom. The molecule has 0 atom stereocenters. The Morgan fingerprint density at radius 3 is 1.82 bits per heavy atom. The van der Waals surface area contributed by atoms with Gasteiger partial charge in [-0.1, -0.05) is 6.07 Å². The highest BCUT2D eigenvalue weighted by molar-refractivity contribution is 5.89. The Bertz CT molecular complexity index is 400. The summed E-state index contributed by atoms with van der Waals surface area (Å²) in [5.41, 5.74) is -0.212. The number of nitrogens with one attached hydrogen (secondary N) is 2. The average molecular weight is 242 g/mol. The molecule has 2 amide bonds. The van der Waals surface area contributed by atoms with Crippen LogP contribution in [-0.2, 0) is 9.47 Å². The second kappa shape index (κ2) is 5.69. The molecule has 0 aliphatic heterocycles. The summed E-state index contributed by atoms with van der Waals surface area (Å²) < 4.78 is 22.4. The summed E-state index contributed by atoms with van der Waals surface area (Å²) in [5, 5.41) is 4.33. The Morgan fingerprint density at radius 2 is 1.47 bits per heavy atom. The van der Waals surface area contributed by atoms with Crippen molar-refractivity contribution in [1.29, 1.82) is 0 Å². The molecule has 0 radical (unpaired) electrons. The van der Waals surface area contributed by atoms with E-state index in [2.05, 4.69) is 20.1 Å². The van der Waals surface area contributed by atoms with Crippen LogP contribution in [0.3, 0.4) is 0 Å². The van der Waals surface area contributed by atoms with Crippen LogP contribution in [0.4, 0.5) is 25.4 Å². The van der Waals surface area contributed by atoms with Crippen molar-refractivity contribution in [1.82, 2.24) is 0 Å². The number of methoxy groups -OCH3 is 2. The summed E-state index contributed by atoms with van der Waals surface area (Å²) in [6.45, 7) is 0. The van der Waals surface area contributed by atoms with Gasteiger partial charge < -0.3 is 9.47 Å². The van der Waals surface area contributed by atoms with Gasteiger partial charge >= 0.3 is 12.2 Å². The van der Waals surface area contributed by atoms with Gasteiger partial charge in [0, 0.05) is 0 Å². The molecule has 92 valence electrons. The molecule has 0 aromatic heterocycles. The molecule has 0 bridgehead atoms. The lowest BCUT2D eigenvalue weighted by molar-refractivity contribution is 0.186. The van der Waals surface area contributed by atoms with Crippen LogP contribution in [0.15, 0.2) is 18.2 Å². The molecule has 1 aromatic carbocycles. The molecule has 0 fully saturated rings. The maximum Gasteiger partial charge on any atom is 0.411 e. The maximum atomic E-state index is 13.7. The number of benzene rings is 1. The fourth-order valence-electron chi connectivity index (χ4n) is 1.05. The summed E-state index contributed by atoms with van der Waals surface area (Å²) in [7, 11) is 2.31. The molecule has 1 aromatic rings. The molecule has 0 saturated carbocycles. The van der Waals surface area contributed by atoms with Crippen LogP contribution in [0, 0.1) is 5.82 Å². The quantitative estimate of drug-likeness (QED) is 0.833. The van der Waals surface area contributed by atoms with Crippen LogP contribution >= 0.6 is 0 Å². The summed E-state index contributed by atoms with van der Waals surface area (Å²) in [6.07, 6.45) is -1.61. The SMILES string of the molecule is COC(=O)Nc1cccc(NC(=O)OC)c1F. The Kier molecular flexibility index (Phi) is 4.27. The highest BCUT2D eigenvalue weighted by Crippen LogP contribution is 2.22. The van der Waals surface area contributed by atoms with Gasteiger partial charge in [0.2, 0.25) is 0 Å². The molecule has 0 saturated heterocycles.